The summed E-state index contributed by atoms with van der Waals surface area (Å²) in [5, 5.41) is 3.35. The van der Waals surface area contributed by atoms with Crippen molar-refractivity contribution in [1.29, 1.82) is 0 Å². The van der Waals surface area contributed by atoms with Gasteiger partial charge in [-0.2, -0.15) is 0 Å². The predicted molar refractivity (Wildman–Crippen MR) is 62.1 cm³/mol. The molecule has 3 heteroatoms. The van der Waals surface area contributed by atoms with Gasteiger partial charge in [-0.15, -0.1) is 0 Å². The Bertz CT molecular complexity index is 323. The molecule has 0 aliphatic carbocycles. The van der Waals surface area contributed by atoms with Crippen LogP contribution in [0.15, 0.2) is 24.3 Å². The highest BCUT2D eigenvalue weighted by atomic mass is 19.1. The van der Waals surface area contributed by atoms with Crippen molar-refractivity contribution >= 4 is 0 Å². The zero-order chi connectivity index (χ0) is 11.2. The number of nitrogens with one attached hydrogen (secondary N) is 1. The summed E-state index contributed by atoms with van der Waals surface area (Å²) in [4.78, 5) is 0. The summed E-state index contributed by atoms with van der Waals surface area (Å²) in [7, 11) is 0. The van der Waals surface area contributed by atoms with Crippen LogP contribution in [-0.4, -0.2) is 19.7 Å². The number of benzene rings is 1. The SMILES string of the molecule is Fc1cccc(OCCCC2CCNC2)c1. The van der Waals surface area contributed by atoms with Crippen molar-refractivity contribution in [3.8, 4) is 5.75 Å². The third-order valence-electron chi connectivity index (χ3n) is 2.98. The molecule has 1 N–H and O–H groups in total. The Morgan fingerprint density at radius 3 is 3.12 bits per heavy atom. The van der Waals surface area contributed by atoms with Gasteiger partial charge in [-0.25, -0.2) is 4.39 Å². The molecule has 0 saturated carbocycles. The van der Waals surface area contributed by atoms with Crippen molar-refractivity contribution in [2.75, 3.05) is 19.7 Å². The fourth-order valence-electron chi connectivity index (χ4n) is 2.08. The van der Waals surface area contributed by atoms with Crippen molar-refractivity contribution in [3.05, 3.63) is 30.1 Å². The molecule has 1 aromatic carbocycles. The Hall–Kier alpha value is -1.09. The quantitative estimate of drug-likeness (QED) is 0.775. The summed E-state index contributed by atoms with van der Waals surface area (Å²) >= 11 is 0. The smallest absolute Gasteiger partial charge is 0.126 e. The van der Waals surface area contributed by atoms with Gasteiger partial charge < -0.3 is 10.1 Å². The zero-order valence-corrected chi connectivity index (χ0v) is 9.42. The second-order valence-electron chi connectivity index (χ2n) is 4.31. The monoisotopic (exact) mass is 223 g/mol. The van der Waals surface area contributed by atoms with E-state index in [2.05, 4.69) is 5.32 Å². The highest BCUT2D eigenvalue weighted by molar-refractivity contribution is 5.22. The van der Waals surface area contributed by atoms with E-state index in [4.69, 9.17) is 4.74 Å². The maximum atomic E-state index is 12.8. The van der Waals surface area contributed by atoms with Crippen LogP contribution in [0.25, 0.3) is 0 Å². The third kappa shape index (κ3) is 3.49. The van der Waals surface area contributed by atoms with Crippen molar-refractivity contribution < 1.29 is 9.13 Å². The Balaban J connectivity index is 1.64. The van der Waals surface area contributed by atoms with E-state index in [9.17, 15) is 4.39 Å². The molecule has 88 valence electrons. The van der Waals surface area contributed by atoms with E-state index >= 15 is 0 Å². The van der Waals surface area contributed by atoms with Crippen molar-refractivity contribution in [3.63, 3.8) is 0 Å². The molecule has 1 heterocycles. The summed E-state index contributed by atoms with van der Waals surface area (Å²) in [6, 6.07) is 6.32. The van der Waals surface area contributed by atoms with Crippen molar-refractivity contribution in [1.82, 2.24) is 5.32 Å². The lowest BCUT2D eigenvalue weighted by Crippen LogP contribution is -2.09. The maximum Gasteiger partial charge on any atom is 0.126 e. The normalized spacial score (nSPS) is 19.9. The maximum absolute atomic E-state index is 12.8. The summed E-state index contributed by atoms with van der Waals surface area (Å²) in [5.41, 5.74) is 0. The molecule has 0 bridgehead atoms. The number of halogens is 1. The van der Waals surface area contributed by atoms with Gasteiger partial charge >= 0.3 is 0 Å². The van der Waals surface area contributed by atoms with E-state index < -0.39 is 0 Å². The van der Waals surface area contributed by atoms with Gasteiger partial charge in [0.15, 0.2) is 0 Å². The van der Waals surface area contributed by atoms with E-state index in [1.54, 1.807) is 12.1 Å². The van der Waals surface area contributed by atoms with Crippen LogP contribution in [0.2, 0.25) is 0 Å². The van der Waals surface area contributed by atoms with Gasteiger partial charge in [0, 0.05) is 6.07 Å². The molecule has 1 fully saturated rings. The molecule has 16 heavy (non-hydrogen) atoms. The largest absolute Gasteiger partial charge is 0.493 e. The molecule has 0 amide bonds. The van der Waals surface area contributed by atoms with Gasteiger partial charge in [0.25, 0.3) is 0 Å². The Kier molecular flexibility index (Phi) is 4.17. The van der Waals surface area contributed by atoms with Gasteiger partial charge in [0.05, 0.1) is 6.61 Å². The Labute approximate surface area is 95.8 Å². The zero-order valence-electron chi connectivity index (χ0n) is 9.42. The number of hydrogen-bond acceptors (Lipinski definition) is 2. The minimum absolute atomic E-state index is 0.238. The lowest BCUT2D eigenvalue weighted by Gasteiger charge is -2.09. The molecule has 2 rings (SSSR count). The summed E-state index contributed by atoms with van der Waals surface area (Å²) < 4.78 is 18.3. The molecule has 1 aliphatic rings. The molecule has 0 radical (unpaired) electrons. The topological polar surface area (TPSA) is 21.3 Å². The first-order valence-electron chi connectivity index (χ1n) is 5.94. The van der Waals surface area contributed by atoms with Gasteiger partial charge in [0.2, 0.25) is 0 Å². The lowest BCUT2D eigenvalue weighted by atomic mass is 10.0. The Morgan fingerprint density at radius 1 is 1.44 bits per heavy atom. The molecular formula is C13H18FNO. The van der Waals surface area contributed by atoms with Crippen LogP contribution < -0.4 is 10.1 Å². The van der Waals surface area contributed by atoms with Crippen molar-refractivity contribution in [2.24, 2.45) is 5.92 Å². The molecule has 0 spiro atoms. The second-order valence-corrected chi connectivity index (χ2v) is 4.31. The van der Waals surface area contributed by atoms with Gasteiger partial charge in [-0.3, -0.25) is 0 Å². The highest BCUT2D eigenvalue weighted by Crippen LogP contribution is 2.16. The van der Waals surface area contributed by atoms with Gasteiger partial charge in [-0.05, 0) is 50.4 Å². The minimum Gasteiger partial charge on any atom is -0.493 e. The molecule has 1 unspecified atom stereocenters. The van der Waals surface area contributed by atoms with Crippen LogP contribution in [0.1, 0.15) is 19.3 Å². The lowest BCUT2D eigenvalue weighted by molar-refractivity contribution is 0.293. The number of hydrogen-bond donors (Lipinski definition) is 1. The number of rotatable bonds is 5. The van der Waals surface area contributed by atoms with Crippen LogP contribution >= 0.6 is 0 Å². The summed E-state index contributed by atoms with van der Waals surface area (Å²) in [6.45, 7) is 2.97. The first-order chi connectivity index (χ1) is 7.84. The van der Waals surface area contributed by atoms with Crippen LogP contribution in [-0.2, 0) is 0 Å². The molecule has 0 aromatic heterocycles. The fourth-order valence-corrected chi connectivity index (χ4v) is 2.08. The van der Waals surface area contributed by atoms with E-state index in [1.165, 1.54) is 25.0 Å². The average molecular weight is 223 g/mol. The minimum atomic E-state index is -0.238. The molecule has 1 atom stereocenters. The van der Waals surface area contributed by atoms with E-state index in [1.807, 2.05) is 0 Å². The highest BCUT2D eigenvalue weighted by Gasteiger charge is 2.13. The predicted octanol–water partition coefficient (Wildman–Crippen LogP) is 2.59. The standard InChI is InChI=1S/C13H18FNO/c14-12-4-1-5-13(9-12)16-8-2-3-11-6-7-15-10-11/h1,4-5,9,11,15H,2-3,6-8,10H2. The first kappa shape index (κ1) is 11.4. The summed E-state index contributed by atoms with van der Waals surface area (Å²) in [6.07, 6.45) is 3.52. The molecule has 1 saturated heterocycles. The summed E-state index contributed by atoms with van der Waals surface area (Å²) in [5.74, 6) is 1.19. The van der Waals surface area contributed by atoms with E-state index in [0.29, 0.717) is 12.4 Å². The third-order valence-corrected chi connectivity index (χ3v) is 2.98. The average Bonchev–Trinajstić information content (AvgIpc) is 2.77. The second kappa shape index (κ2) is 5.85. The Morgan fingerprint density at radius 2 is 2.38 bits per heavy atom. The number of ether oxygens (including phenoxy) is 1. The fraction of sp³-hybridized carbons (Fsp3) is 0.538. The molecule has 1 aliphatic heterocycles. The van der Waals surface area contributed by atoms with Crippen LogP contribution in [0.3, 0.4) is 0 Å². The van der Waals surface area contributed by atoms with E-state index in [-0.39, 0.29) is 5.82 Å². The van der Waals surface area contributed by atoms with Crippen LogP contribution in [0, 0.1) is 11.7 Å². The van der Waals surface area contributed by atoms with E-state index in [0.717, 1.165) is 25.4 Å². The van der Waals surface area contributed by atoms with Crippen molar-refractivity contribution in [2.45, 2.75) is 19.3 Å². The molecule has 1 aromatic rings. The van der Waals surface area contributed by atoms with Crippen LogP contribution in [0.5, 0.6) is 5.75 Å². The van der Waals surface area contributed by atoms with Gasteiger partial charge in [0.1, 0.15) is 11.6 Å². The molecule has 2 nitrogen and oxygen atoms in total. The first-order valence-corrected chi connectivity index (χ1v) is 5.94. The molecular weight excluding hydrogens is 205 g/mol. The van der Waals surface area contributed by atoms with Gasteiger partial charge in [-0.1, -0.05) is 6.07 Å². The van der Waals surface area contributed by atoms with Crippen LogP contribution in [0.4, 0.5) is 4.39 Å².